The van der Waals surface area contributed by atoms with Gasteiger partial charge in [-0.05, 0) is 44.2 Å². The van der Waals surface area contributed by atoms with Crippen LogP contribution in [0.2, 0.25) is 0 Å². The Morgan fingerprint density at radius 1 is 1.42 bits per heavy atom. The molecule has 0 spiro atoms. The Morgan fingerprint density at radius 3 is 2.53 bits per heavy atom. The van der Waals surface area contributed by atoms with Gasteiger partial charge in [-0.2, -0.15) is 0 Å². The molecule has 19 heavy (non-hydrogen) atoms. The van der Waals surface area contributed by atoms with Crippen molar-refractivity contribution in [2.24, 2.45) is 5.73 Å². The van der Waals surface area contributed by atoms with Crippen molar-refractivity contribution in [3.63, 3.8) is 0 Å². The van der Waals surface area contributed by atoms with Crippen LogP contribution in [-0.4, -0.2) is 33.7 Å². The number of hydrogen-bond donors (Lipinski definition) is 2. The quantitative estimate of drug-likeness (QED) is 0.785. The molecule has 3 nitrogen and oxygen atoms in total. The maximum atomic E-state index is 13.5. The van der Waals surface area contributed by atoms with Gasteiger partial charge in [0.25, 0.3) is 0 Å². The standard InChI is InChI=1S/C14H21FN2OS/c1-4-17(9-14(2,3)18)8-10-5-11(13(16)19)7-12(15)6-10/h5-7,18H,4,8-9H2,1-3H3,(H2,16,19). The highest BCUT2D eigenvalue weighted by Gasteiger charge is 2.17. The van der Waals surface area contributed by atoms with Crippen molar-refractivity contribution in [1.29, 1.82) is 0 Å². The van der Waals surface area contributed by atoms with Crippen molar-refractivity contribution in [3.8, 4) is 0 Å². The van der Waals surface area contributed by atoms with Crippen molar-refractivity contribution in [2.75, 3.05) is 13.1 Å². The van der Waals surface area contributed by atoms with E-state index in [4.69, 9.17) is 18.0 Å². The third-order valence-corrected chi connectivity index (χ3v) is 2.94. The van der Waals surface area contributed by atoms with E-state index >= 15 is 0 Å². The highest BCUT2D eigenvalue weighted by molar-refractivity contribution is 7.80. The minimum atomic E-state index is -0.782. The first-order valence-corrected chi connectivity index (χ1v) is 6.66. The normalized spacial score (nSPS) is 11.9. The molecule has 1 aromatic carbocycles. The van der Waals surface area contributed by atoms with Gasteiger partial charge in [-0.3, -0.25) is 4.90 Å². The summed E-state index contributed by atoms with van der Waals surface area (Å²) in [6.45, 7) is 7.34. The molecule has 0 saturated carbocycles. The van der Waals surface area contributed by atoms with Crippen molar-refractivity contribution in [2.45, 2.75) is 32.9 Å². The number of thiocarbonyl (C=S) groups is 1. The first kappa shape index (κ1) is 16.0. The highest BCUT2D eigenvalue weighted by Crippen LogP contribution is 2.14. The molecule has 0 aliphatic rings. The highest BCUT2D eigenvalue weighted by atomic mass is 32.1. The molecule has 0 radical (unpaired) electrons. The second-order valence-electron chi connectivity index (χ2n) is 5.33. The van der Waals surface area contributed by atoms with E-state index in [2.05, 4.69) is 0 Å². The smallest absolute Gasteiger partial charge is 0.124 e. The number of rotatable bonds is 6. The van der Waals surface area contributed by atoms with E-state index in [0.717, 1.165) is 12.1 Å². The number of aliphatic hydroxyl groups is 1. The molecule has 0 heterocycles. The Kier molecular flexibility index (Phi) is 5.40. The fraction of sp³-hybridized carbons (Fsp3) is 0.500. The molecule has 0 fully saturated rings. The average molecular weight is 284 g/mol. The summed E-state index contributed by atoms with van der Waals surface area (Å²) in [7, 11) is 0. The van der Waals surface area contributed by atoms with Crippen LogP contribution in [0.5, 0.6) is 0 Å². The molecule has 1 rings (SSSR count). The van der Waals surface area contributed by atoms with E-state index in [1.807, 2.05) is 11.8 Å². The number of nitrogens with two attached hydrogens (primary N) is 1. The maximum Gasteiger partial charge on any atom is 0.124 e. The second kappa shape index (κ2) is 6.41. The lowest BCUT2D eigenvalue weighted by Gasteiger charge is -2.28. The Bertz CT molecular complexity index is 457. The van der Waals surface area contributed by atoms with Crippen LogP contribution < -0.4 is 5.73 Å². The summed E-state index contributed by atoms with van der Waals surface area (Å²) in [5.74, 6) is -0.348. The van der Waals surface area contributed by atoms with Crippen LogP contribution in [-0.2, 0) is 6.54 Å². The van der Waals surface area contributed by atoms with Crippen LogP contribution in [0.15, 0.2) is 18.2 Å². The lowest BCUT2D eigenvalue weighted by molar-refractivity contribution is 0.0353. The molecule has 0 bridgehead atoms. The molecule has 0 aliphatic carbocycles. The van der Waals surface area contributed by atoms with E-state index in [1.165, 1.54) is 12.1 Å². The van der Waals surface area contributed by atoms with Crippen molar-refractivity contribution in [1.82, 2.24) is 4.90 Å². The first-order chi connectivity index (χ1) is 8.71. The molecule has 5 heteroatoms. The predicted octanol–water partition coefficient (Wildman–Crippen LogP) is 2.05. The molecular formula is C14H21FN2OS. The van der Waals surface area contributed by atoms with Gasteiger partial charge in [0.15, 0.2) is 0 Å². The van der Waals surface area contributed by atoms with Crippen molar-refractivity contribution in [3.05, 3.63) is 35.1 Å². The molecule has 0 unspecified atom stereocenters. The molecule has 0 saturated heterocycles. The van der Waals surface area contributed by atoms with Gasteiger partial charge in [-0.1, -0.05) is 19.1 Å². The number of benzene rings is 1. The Labute approximate surface area is 119 Å². The summed E-state index contributed by atoms with van der Waals surface area (Å²) in [4.78, 5) is 2.23. The molecule has 1 aromatic rings. The minimum Gasteiger partial charge on any atom is -0.389 e. The van der Waals surface area contributed by atoms with E-state index in [-0.39, 0.29) is 10.8 Å². The Morgan fingerprint density at radius 2 is 2.05 bits per heavy atom. The zero-order chi connectivity index (χ0) is 14.6. The average Bonchev–Trinajstić information content (AvgIpc) is 2.25. The van der Waals surface area contributed by atoms with E-state index in [1.54, 1.807) is 19.9 Å². The van der Waals surface area contributed by atoms with Gasteiger partial charge in [-0.15, -0.1) is 0 Å². The number of hydrogen-bond acceptors (Lipinski definition) is 3. The van der Waals surface area contributed by atoms with Gasteiger partial charge >= 0.3 is 0 Å². The molecule has 106 valence electrons. The van der Waals surface area contributed by atoms with Crippen LogP contribution in [0.1, 0.15) is 31.9 Å². The van der Waals surface area contributed by atoms with Gasteiger partial charge in [0.2, 0.25) is 0 Å². The SMILES string of the molecule is CCN(Cc1cc(F)cc(C(N)=S)c1)CC(C)(C)O. The largest absolute Gasteiger partial charge is 0.389 e. The summed E-state index contributed by atoms with van der Waals surface area (Å²) in [5.41, 5.74) is 6.08. The minimum absolute atomic E-state index is 0.186. The summed E-state index contributed by atoms with van der Waals surface area (Å²) in [6.07, 6.45) is 0. The van der Waals surface area contributed by atoms with Gasteiger partial charge in [0.1, 0.15) is 10.8 Å². The summed E-state index contributed by atoms with van der Waals surface area (Å²) in [5, 5.41) is 9.84. The van der Waals surface area contributed by atoms with Crippen molar-refractivity contribution < 1.29 is 9.50 Å². The predicted molar refractivity (Wildman–Crippen MR) is 79.5 cm³/mol. The van der Waals surface area contributed by atoms with Gasteiger partial charge < -0.3 is 10.8 Å². The Balaban J connectivity index is 2.88. The van der Waals surface area contributed by atoms with E-state index in [0.29, 0.717) is 18.7 Å². The van der Waals surface area contributed by atoms with Crippen LogP contribution in [0.3, 0.4) is 0 Å². The van der Waals surface area contributed by atoms with E-state index < -0.39 is 5.60 Å². The maximum absolute atomic E-state index is 13.5. The van der Waals surface area contributed by atoms with Gasteiger partial charge in [-0.25, -0.2) is 4.39 Å². The fourth-order valence-corrected chi connectivity index (χ4v) is 2.09. The summed E-state index contributed by atoms with van der Waals surface area (Å²) in [6, 6.07) is 4.59. The molecule has 3 N–H and O–H groups in total. The summed E-state index contributed by atoms with van der Waals surface area (Å²) >= 11 is 4.87. The monoisotopic (exact) mass is 284 g/mol. The lowest BCUT2D eigenvalue weighted by Crippen LogP contribution is -2.38. The zero-order valence-electron chi connectivity index (χ0n) is 11.6. The topological polar surface area (TPSA) is 49.5 Å². The molecule has 0 aromatic heterocycles. The lowest BCUT2D eigenvalue weighted by atomic mass is 10.1. The number of nitrogens with zero attached hydrogens (tertiary/aromatic N) is 1. The molecular weight excluding hydrogens is 263 g/mol. The van der Waals surface area contributed by atoms with Gasteiger partial charge in [0.05, 0.1) is 5.60 Å². The third kappa shape index (κ3) is 5.63. The Hall–Kier alpha value is -1.04. The number of halogens is 1. The van der Waals surface area contributed by atoms with Gasteiger partial charge in [0, 0.05) is 18.7 Å². The second-order valence-corrected chi connectivity index (χ2v) is 5.77. The van der Waals surface area contributed by atoms with Crippen LogP contribution in [0.4, 0.5) is 4.39 Å². The van der Waals surface area contributed by atoms with Crippen LogP contribution >= 0.6 is 12.2 Å². The van der Waals surface area contributed by atoms with Crippen LogP contribution in [0, 0.1) is 5.82 Å². The molecule has 0 amide bonds. The third-order valence-electron chi connectivity index (χ3n) is 2.71. The number of likely N-dealkylation sites (N-methyl/N-ethyl adjacent to an activating group) is 1. The van der Waals surface area contributed by atoms with Crippen molar-refractivity contribution >= 4 is 17.2 Å². The summed E-state index contributed by atoms with van der Waals surface area (Å²) < 4.78 is 13.5. The van der Waals surface area contributed by atoms with Crippen LogP contribution in [0.25, 0.3) is 0 Å². The fourth-order valence-electron chi connectivity index (χ4n) is 1.97. The first-order valence-electron chi connectivity index (χ1n) is 6.25. The molecule has 0 aliphatic heterocycles. The zero-order valence-corrected chi connectivity index (χ0v) is 12.4. The van der Waals surface area contributed by atoms with E-state index in [9.17, 15) is 9.50 Å². The molecule has 0 atom stereocenters.